The standard InChI is InChI=1S/C26H33N3O2/c1-25-12-3-4-20(25)18-9-10-22-26(2,21(18)11-13-25)14-19(24(31)29-22)23(30)28-17-7-5-16(15-27)6-8-17/h5-8,18-22H,3-4,9-14H2,1-2H3,(H,28,30)(H,29,31)/t18-,19?,20-,21+,22?,25-,26+/m0/s1. The summed E-state index contributed by atoms with van der Waals surface area (Å²) in [5.41, 5.74) is 1.67. The van der Waals surface area contributed by atoms with Gasteiger partial charge in [-0.2, -0.15) is 5.26 Å². The zero-order chi connectivity index (χ0) is 21.8. The van der Waals surface area contributed by atoms with E-state index in [0.29, 0.717) is 29.0 Å². The fraction of sp³-hybridized carbons (Fsp3) is 0.654. The van der Waals surface area contributed by atoms with E-state index in [4.69, 9.17) is 5.26 Å². The zero-order valence-corrected chi connectivity index (χ0v) is 18.6. The smallest absolute Gasteiger partial charge is 0.236 e. The molecule has 1 aromatic rings. The maximum absolute atomic E-state index is 13.1. The second kappa shape index (κ2) is 7.36. The van der Waals surface area contributed by atoms with Crippen LogP contribution in [0, 0.1) is 45.8 Å². The van der Waals surface area contributed by atoms with Crippen LogP contribution in [0.2, 0.25) is 0 Å². The van der Waals surface area contributed by atoms with Crippen LogP contribution in [0.3, 0.4) is 0 Å². The number of anilines is 1. The summed E-state index contributed by atoms with van der Waals surface area (Å²) in [6.07, 6.45) is 9.49. The van der Waals surface area contributed by atoms with Crippen molar-refractivity contribution in [1.29, 1.82) is 5.26 Å². The Morgan fingerprint density at radius 1 is 1.10 bits per heavy atom. The van der Waals surface area contributed by atoms with E-state index in [-0.39, 0.29) is 23.3 Å². The Hall–Kier alpha value is -2.35. The lowest BCUT2D eigenvalue weighted by Gasteiger charge is -2.60. The molecule has 1 aliphatic heterocycles. The molecule has 2 amide bonds. The van der Waals surface area contributed by atoms with Gasteiger partial charge in [0.25, 0.3) is 0 Å². The summed E-state index contributed by atoms with van der Waals surface area (Å²) in [4.78, 5) is 26.0. The largest absolute Gasteiger partial charge is 0.352 e. The average molecular weight is 420 g/mol. The first-order chi connectivity index (χ1) is 14.8. The third-order valence-corrected chi connectivity index (χ3v) is 9.53. The van der Waals surface area contributed by atoms with E-state index in [1.165, 1.54) is 38.5 Å². The lowest BCUT2D eigenvalue weighted by Crippen LogP contribution is -2.64. The number of amides is 2. The molecule has 1 saturated heterocycles. The summed E-state index contributed by atoms with van der Waals surface area (Å²) in [7, 11) is 0. The van der Waals surface area contributed by atoms with Crippen molar-refractivity contribution in [2.75, 3.05) is 5.32 Å². The molecule has 5 nitrogen and oxygen atoms in total. The Balaban J connectivity index is 1.36. The summed E-state index contributed by atoms with van der Waals surface area (Å²) in [5.74, 6) is 1.12. The Morgan fingerprint density at radius 2 is 1.87 bits per heavy atom. The second-order valence-electron chi connectivity index (χ2n) is 11.0. The van der Waals surface area contributed by atoms with Crippen LogP contribution in [0.25, 0.3) is 0 Å². The molecule has 4 fully saturated rings. The van der Waals surface area contributed by atoms with E-state index in [1.54, 1.807) is 24.3 Å². The van der Waals surface area contributed by atoms with Crippen LogP contribution in [0.4, 0.5) is 5.69 Å². The molecule has 7 atom stereocenters. The fourth-order valence-corrected chi connectivity index (χ4v) is 7.85. The van der Waals surface area contributed by atoms with Gasteiger partial charge in [0, 0.05) is 11.7 Å². The Bertz CT molecular complexity index is 935. The highest BCUT2D eigenvalue weighted by molar-refractivity contribution is 6.07. The Kier molecular flexibility index (Phi) is 4.88. The molecule has 5 rings (SSSR count). The van der Waals surface area contributed by atoms with Crippen molar-refractivity contribution in [3.05, 3.63) is 29.8 Å². The van der Waals surface area contributed by atoms with Gasteiger partial charge < -0.3 is 10.6 Å². The van der Waals surface area contributed by atoms with E-state index in [0.717, 1.165) is 18.3 Å². The number of benzene rings is 1. The van der Waals surface area contributed by atoms with Crippen LogP contribution in [0.15, 0.2) is 24.3 Å². The molecule has 0 bridgehead atoms. The molecule has 2 N–H and O–H groups in total. The molecule has 4 aliphatic rings. The minimum Gasteiger partial charge on any atom is -0.352 e. The first kappa shape index (κ1) is 20.5. The molecule has 31 heavy (non-hydrogen) atoms. The molecule has 1 aromatic carbocycles. The predicted molar refractivity (Wildman–Crippen MR) is 119 cm³/mol. The van der Waals surface area contributed by atoms with E-state index in [1.807, 2.05) is 0 Å². The number of fused-ring (bicyclic) bond motifs is 5. The number of rotatable bonds is 2. The number of nitriles is 1. The van der Waals surface area contributed by atoms with E-state index in [2.05, 4.69) is 30.6 Å². The summed E-state index contributed by atoms with van der Waals surface area (Å²) in [6, 6.07) is 9.08. The van der Waals surface area contributed by atoms with Gasteiger partial charge in [0.15, 0.2) is 0 Å². The van der Waals surface area contributed by atoms with Gasteiger partial charge in [-0.15, -0.1) is 0 Å². The van der Waals surface area contributed by atoms with Crippen LogP contribution in [0.1, 0.15) is 70.8 Å². The first-order valence-corrected chi connectivity index (χ1v) is 12.0. The highest BCUT2D eigenvalue weighted by atomic mass is 16.2. The molecule has 1 heterocycles. The minimum atomic E-state index is -0.660. The van der Waals surface area contributed by atoms with Gasteiger partial charge in [0.05, 0.1) is 11.6 Å². The highest BCUT2D eigenvalue weighted by Crippen LogP contribution is 2.64. The molecule has 3 saturated carbocycles. The Labute approximate surface area is 185 Å². The molecule has 0 radical (unpaired) electrons. The number of hydrogen-bond acceptors (Lipinski definition) is 3. The monoisotopic (exact) mass is 419 g/mol. The topological polar surface area (TPSA) is 82.0 Å². The maximum Gasteiger partial charge on any atom is 0.236 e. The number of piperidine rings is 1. The number of carbonyl (C=O) groups is 2. The lowest BCUT2D eigenvalue weighted by atomic mass is 9.47. The minimum absolute atomic E-state index is 0.0204. The highest BCUT2D eigenvalue weighted by Gasteiger charge is 2.59. The Morgan fingerprint density at radius 3 is 2.61 bits per heavy atom. The summed E-state index contributed by atoms with van der Waals surface area (Å²) >= 11 is 0. The van der Waals surface area contributed by atoms with Gasteiger partial charge in [0.2, 0.25) is 11.8 Å². The van der Waals surface area contributed by atoms with Crippen molar-refractivity contribution in [3.8, 4) is 6.07 Å². The number of hydrogen-bond donors (Lipinski definition) is 2. The maximum atomic E-state index is 13.1. The predicted octanol–water partition coefficient (Wildman–Crippen LogP) is 4.63. The normalized spacial score (nSPS) is 41.2. The molecule has 3 aliphatic carbocycles. The molecule has 5 heteroatoms. The third-order valence-electron chi connectivity index (χ3n) is 9.53. The van der Waals surface area contributed by atoms with Crippen molar-refractivity contribution in [2.45, 2.75) is 71.3 Å². The van der Waals surface area contributed by atoms with Gasteiger partial charge >= 0.3 is 0 Å². The van der Waals surface area contributed by atoms with E-state index < -0.39 is 5.92 Å². The SMILES string of the molecule is C[C@@]12CCC[C@H]1[C@@H]1CCC3NC(=O)C(C(=O)Nc4ccc(C#N)cc4)C[C@]3(C)[C@@H]1CC2. The summed E-state index contributed by atoms with van der Waals surface area (Å²) in [5, 5.41) is 15.1. The summed E-state index contributed by atoms with van der Waals surface area (Å²) < 4.78 is 0. The number of nitrogens with zero attached hydrogens (tertiary/aromatic N) is 1. The van der Waals surface area contributed by atoms with Crippen molar-refractivity contribution in [2.24, 2.45) is 34.5 Å². The van der Waals surface area contributed by atoms with Crippen LogP contribution in [-0.4, -0.2) is 17.9 Å². The van der Waals surface area contributed by atoms with Crippen LogP contribution in [-0.2, 0) is 9.59 Å². The van der Waals surface area contributed by atoms with Crippen molar-refractivity contribution >= 4 is 17.5 Å². The van der Waals surface area contributed by atoms with Crippen molar-refractivity contribution < 1.29 is 9.59 Å². The molecule has 164 valence electrons. The average Bonchev–Trinajstić information content (AvgIpc) is 3.16. The van der Waals surface area contributed by atoms with Gasteiger partial charge in [0.1, 0.15) is 5.92 Å². The lowest BCUT2D eigenvalue weighted by molar-refractivity contribution is -0.148. The number of nitrogens with one attached hydrogen (secondary N) is 2. The molecule has 0 aromatic heterocycles. The van der Waals surface area contributed by atoms with Crippen LogP contribution in [0.5, 0.6) is 0 Å². The van der Waals surface area contributed by atoms with Gasteiger partial charge in [-0.1, -0.05) is 20.3 Å². The van der Waals surface area contributed by atoms with Gasteiger partial charge in [-0.05, 0) is 97.8 Å². The first-order valence-electron chi connectivity index (χ1n) is 12.0. The zero-order valence-electron chi connectivity index (χ0n) is 18.6. The fourth-order valence-electron chi connectivity index (χ4n) is 7.85. The molecular formula is C26H33N3O2. The van der Waals surface area contributed by atoms with Crippen molar-refractivity contribution in [1.82, 2.24) is 5.32 Å². The summed E-state index contributed by atoms with van der Waals surface area (Å²) in [6.45, 7) is 4.85. The van der Waals surface area contributed by atoms with E-state index >= 15 is 0 Å². The van der Waals surface area contributed by atoms with E-state index in [9.17, 15) is 9.59 Å². The van der Waals surface area contributed by atoms with Crippen LogP contribution >= 0.6 is 0 Å². The van der Waals surface area contributed by atoms with Gasteiger partial charge in [-0.25, -0.2) is 0 Å². The van der Waals surface area contributed by atoms with Crippen molar-refractivity contribution in [3.63, 3.8) is 0 Å². The molecular weight excluding hydrogens is 386 g/mol. The third kappa shape index (κ3) is 3.26. The second-order valence-corrected chi connectivity index (χ2v) is 11.0. The van der Waals surface area contributed by atoms with Crippen LogP contribution < -0.4 is 10.6 Å². The number of carbonyl (C=O) groups excluding carboxylic acids is 2. The molecule has 0 spiro atoms. The quantitative estimate of drug-likeness (QED) is 0.686. The van der Waals surface area contributed by atoms with Gasteiger partial charge in [-0.3, -0.25) is 9.59 Å². The molecule has 2 unspecified atom stereocenters.